The summed E-state index contributed by atoms with van der Waals surface area (Å²) in [6.45, 7) is 13.9. The van der Waals surface area contributed by atoms with E-state index in [1.54, 1.807) is 4.90 Å². The number of ether oxygens (including phenoxy) is 3. The minimum atomic E-state index is -0.596. The Morgan fingerprint density at radius 1 is 0.949 bits per heavy atom. The number of hydrogen-bond acceptors (Lipinski definition) is 6. The molecule has 1 aromatic heterocycles. The van der Waals surface area contributed by atoms with Crippen molar-refractivity contribution < 1.29 is 23.4 Å². The molecule has 1 amide bonds. The highest BCUT2D eigenvalue weighted by Gasteiger charge is 2.43. The molecule has 7 heteroatoms. The topological polar surface area (TPSA) is 78.2 Å². The molecule has 0 radical (unpaired) electrons. The van der Waals surface area contributed by atoms with Crippen LogP contribution in [0.5, 0.6) is 11.5 Å². The Morgan fingerprint density at radius 3 is 2.46 bits per heavy atom. The number of nitrogens with zero attached hydrogens (tertiary/aromatic N) is 1. The van der Waals surface area contributed by atoms with Crippen LogP contribution in [0.25, 0.3) is 11.0 Å². The van der Waals surface area contributed by atoms with Gasteiger partial charge in [0.15, 0.2) is 16.9 Å². The molecule has 39 heavy (non-hydrogen) atoms. The van der Waals surface area contributed by atoms with Gasteiger partial charge in [-0.15, -0.1) is 0 Å². The summed E-state index contributed by atoms with van der Waals surface area (Å²) in [5.74, 6) is 1.10. The van der Waals surface area contributed by atoms with Crippen molar-refractivity contribution in [3.8, 4) is 11.5 Å². The molecular weight excluding hydrogens is 494 g/mol. The van der Waals surface area contributed by atoms with E-state index in [4.69, 9.17) is 18.6 Å². The van der Waals surface area contributed by atoms with Crippen LogP contribution in [0.4, 0.5) is 0 Å². The van der Waals surface area contributed by atoms with Crippen LogP contribution in [-0.2, 0) is 4.74 Å². The molecule has 1 aliphatic heterocycles. The van der Waals surface area contributed by atoms with Gasteiger partial charge in [-0.2, -0.15) is 0 Å². The molecule has 3 aromatic rings. The number of fused-ring (bicyclic) bond motifs is 2. The lowest BCUT2D eigenvalue weighted by Crippen LogP contribution is -2.31. The molecule has 0 aliphatic carbocycles. The maximum Gasteiger partial charge on any atom is 0.290 e. The average Bonchev–Trinajstić information content (AvgIpc) is 3.16. The molecule has 0 fully saturated rings. The van der Waals surface area contributed by atoms with Crippen LogP contribution in [0.2, 0.25) is 0 Å². The Bertz CT molecular complexity index is 1380. The van der Waals surface area contributed by atoms with Gasteiger partial charge in [-0.25, -0.2) is 0 Å². The molecule has 0 spiro atoms. The fourth-order valence-corrected chi connectivity index (χ4v) is 5.26. The van der Waals surface area contributed by atoms with E-state index >= 15 is 0 Å². The quantitative estimate of drug-likeness (QED) is 0.226. The average molecular weight is 536 g/mol. The summed E-state index contributed by atoms with van der Waals surface area (Å²) in [4.78, 5) is 29.5. The molecule has 2 heterocycles. The van der Waals surface area contributed by atoms with Crippen molar-refractivity contribution in [3.63, 3.8) is 0 Å². The van der Waals surface area contributed by atoms with Crippen molar-refractivity contribution in [2.75, 3.05) is 26.4 Å². The number of rotatable bonds is 13. The van der Waals surface area contributed by atoms with Gasteiger partial charge < -0.3 is 23.5 Å². The van der Waals surface area contributed by atoms with Gasteiger partial charge in [0.2, 0.25) is 5.76 Å². The van der Waals surface area contributed by atoms with Crippen LogP contribution < -0.4 is 14.9 Å². The third kappa shape index (κ3) is 6.14. The predicted octanol–water partition coefficient (Wildman–Crippen LogP) is 6.74. The zero-order valence-electron chi connectivity index (χ0n) is 24.1. The van der Waals surface area contributed by atoms with Gasteiger partial charge in [0.1, 0.15) is 5.58 Å². The van der Waals surface area contributed by atoms with E-state index in [-0.39, 0.29) is 23.2 Å². The minimum Gasteiger partial charge on any atom is -0.490 e. The summed E-state index contributed by atoms with van der Waals surface area (Å²) in [5, 5.41) is 0.517. The number of carbonyl (C=O) groups excluding carboxylic acids is 1. The van der Waals surface area contributed by atoms with Gasteiger partial charge in [0.25, 0.3) is 5.91 Å². The molecule has 7 nitrogen and oxygen atoms in total. The Kier molecular flexibility index (Phi) is 9.33. The van der Waals surface area contributed by atoms with E-state index in [2.05, 4.69) is 6.92 Å². The molecule has 0 saturated carbocycles. The fourth-order valence-electron chi connectivity index (χ4n) is 5.26. The van der Waals surface area contributed by atoms with Crippen molar-refractivity contribution in [1.82, 2.24) is 4.90 Å². The third-order valence-electron chi connectivity index (χ3n) is 7.00. The summed E-state index contributed by atoms with van der Waals surface area (Å²) in [6, 6.07) is 8.90. The van der Waals surface area contributed by atoms with Gasteiger partial charge in [-0.3, -0.25) is 9.59 Å². The largest absolute Gasteiger partial charge is 0.490 e. The monoisotopic (exact) mass is 535 g/mol. The van der Waals surface area contributed by atoms with Crippen molar-refractivity contribution >= 4 is 16.9 Å². The normalized spacial score (nSPS) is 14.9. The highest BCUT2D eigenvalue weighted by molar-refractivity contribution is 5.99. The molecule has 1 aliphatic rings. The van der Waals surface area contributed by atoms with Crippen LogP contribution in [0.3, 0.4) is 0 Å². The highest BCUT2D eigenvalue weighted by atomic mass is 16.5. The maximum absolute atomic E-state index is 14.0. The molecule has 0 N–H and O–H groups in total. The van der Waals surface area contributed by atoms with Gasteiger partial charge in [-0.05, 0) is 82.3 Å². The number of hydrogen-bond donors (Lipinski definition) is 0. The molecule has 210 valence electrons. The Balaban J connectivity index is 1.80. The highest BCUT2D eigenvalue weighted by Crippen LogP contribution is 2.41. The van der Waals surface area contributed by atoms with E-state index in [0.717, 1.165) is 36.0 Å². The van der Waals surface area contributed by atoms with E-state index in [1.165, 1.54) is 0 Å². The van der Waals surface area contributed by atoms with E-state index in [0.29, 0.717) is 60.8 Å². The molecule has 0 bridgehead atoms. The summed E-state index contributed by atoms with van der Waals surface area (Å²) < 4.78 is 23.9. The zero-order valence-corrected chi connectivity index (χ0v) is 24.1. The second-order valence-electron chi connectivity index (χ2n) is 10.5. The fraction of sp³-hybridized carbons (Fsp3) is 0.500. The number of aryl methyl sites for hydroxylation is 2. The molecule has 1 atom stereocenters. The second-order valence-corrected chi connectivity index (χ2v) is 10.5. The molecular formula is C32H41NO6. The van der Waals surface area contributed by atoms with Crippen LogP contribution in [0.15, 0.2) is 39.5 Å². The molecule has 1 unspecified atom stereocenters. The van der Waals surface area contributed by atoms with Gasteiger partial charge in [0, 0.05) is 13.2 Å². The van der Waals surface area contributed by atoms with Crippen LogP contribution in [0, 0.1) is 13.8 Å². The summed E-state index contributed by atoms with van der Waals surface area (Å²) in [6.07, 6.45) is 3.92. The SMILES string of the molecule is CCCCCOc1ccc(C2c3c(oc4cc(C)cc(C)c4c3=O)C(=O)N2CCCOC(C)C)cc1OCC. The number of benzene rings is 2. The van der Waals surface area contributed by atoms with Crippen LogP contribution in [0.1, 0.15) is 92.2 Å². The first kappa shape index (κ1) is 28.7. The zero-order chi connectivity index (χ0) is 28.1. The second kappa shape index (κ2) is 12.7. The smallest absolute Gasteiger partial charge is 0.290 e. The van der Waals surface area contributed by atoms with E-state index in [1.807, 2.05) is 65.0 Å². The predicted molar refractivity (Wildman–Crippen MR) is 153 cm³/mol. The van der Waals surface area contributed by atoms with E-state index < -0.39 is 6.04 Å². The van der Waals surface area contributed by atoms with Gasteiger partial charge >= 0.3 is 0 Å². The summed E-state index contributed by atoms with van der Waals surface area (Å²) in [5.41, 5.74) is 3.25. The van der Waals surface area contributed by atoms with Gasteiger partial charge in [-0.1, -0.05) is 31.9 Å². The maximum atomic E-state index is 14.0. The Hall–Kier alpha value is -3.32. The molecule has 2 aromatic carbocycles. The van der Waals surface area contributed by atoms with Crippen LogP contribution >= 0.6 is 0 Å². The van der Waals surface area contributed by atoms with Crippen LogP contribution in [-0.4, -0.2) is 43.3 Å². The first-order valence-corrected chi connectivity index (χ1v) is 14.2. The first-order valence-electron chi connectivity index (χ1n) is 14.2. The lowest BCUT2D eigenvalue weighted by molar-refractivity contribution is 0.0593. The molecule has 4 rings (SSSR count). The number of amides is 1. The summed E-state index contributed by atoms with van der Waals surface area (Å²) >= 11 is 0. The lowest BCUT2D eigenvalue weighted by atomic mass is 9.96. The Morgan fingerprint density at radius 2 is 1.74 bits per heavy atom. The minimum absolute atomic E-state index is 0.102. The number of carbonyl (C=O) groups is 1. The van der Waals surface area contributed by atoms with Crippen molar-refractivity contribution in [2.45, 2.75) is 79.4 Å². The van der Waals surface area contributed by atoms with E-state index in [9.17, 15) is 9.59 Å². The van der Waals surface area contributed by atoms with Crippen molar-refractivity contribution in [2.24, 2.45) is 0 Å². The Labute approximate surface area is 231 Å². The van der Waals surface area contributed by atoms with Crippen molar-refractivity contribution in [1.29, 1.82) is 0 Å². The number of unbranched alkanes of at least 4 members (excludes halogenated alkanes) is 2. The lowest BCUT2D eigenvalue weighted by Gasteiger charge is -2.26. The summed E-state index contributed by atoms with van der Waals surface area (Å²) in [7, 11) is 0. The third-order valence-corrected chi connectivity index (χ3v) is 7.00. The first-order chi connectivity index (χ1) is 18.8. The molecule has 0 saturated heterocycles. The van der Waals surface area contributed by atoms with Gasteiger partial charge in [0.05, 0.1) is 36.3 Å². The standard InChI is InChI=1S/C32H41NO6/c1-7-9-10-15-38-24-13-12-23(19-25(24)36-8-2)29-28-30(34)27-22(6)17-21(5)18-26(27)39-31(28)32(35)33(29)14-11-16-37-20(3)4/h12-13,17-20,29H,7-11,14-16H2,1-6H3. The van der Waals surface area contributed by atoms with Crippen molar-refractivity contribution in [3.05, 3.63) is 68.6 Å².